The molecule has 1 atom stereocenters. The van der Waals surface area contributed by atoms with Gasteiger partial charge in [0.2, 0.25) is 0 Å². The van der Waals surface area contributed by atoms with Gasteiger partial charge in [0.05, 0.1) is 5.69 Å². The second kappa shape index (κ2) is 7.07. The fraction of sp³-hybridized carbons (Fsp3) is 0.706. The van der Waals surface area contributed by atoms with Crippen molar-refractivity contribution in [3.8, 4) is 0 Å². The molecule has 1 N–H and O–H groups in total. The summed E-state index contributed by atoms with van der Waals surface area (Å²) in [5, 5.41) is 3.45. The number of nitrogens with one attached hydrogen (secondary N) is 1. The van der Waals surface area contributed by atoms with Crippen LogP contribution in [0.4, 0.5) is 5.69 Å². The SMILES string of the molecule is CC(C)CNCc1cc(N(C)C(C)C(C)(C)C)ccn1. The number of rotatable bonds is 6. The van der Waals surface area contributed by atoms with Gasteiger partial charge in [0.15, 0.2) is 0 Å². The molecule has 114 valence electrons. The van der Waals surface area contributed by atoms with Crippen molar-refractivity contribution in [3.05, 3.63) is 24.0 Å². The van der Waals surface area contributed by atoms with E-state index >= 15 is 0 Å². The molecule has 3 heteroatoms. The zero-order valence-corrected chi connectivity index (χ0v) is 14.2. The molecule has 0 amide bonds. The van der Waals surface area contributed by atoms with Crippen LogP contribution in [0.25, 0.3) is 0 Å². The van der Waals surface area contributed by atoms with E-state index in [2.05, 4.69) is 75.9 Å². The number of pyridine rings is 1. The second-order valence-electron chi connectivity index (χ2n) is 7.18. The van der Waals surface area contributed by atoms with E-state index in [4.69, 9.17) is 0 Å². The van der Waals surface area contributed by atoms with E-state index in [0.717, 1.165) is 18.8 Å². The van der Waals surface area contributed by atoms with Gasteiger partial charge in [-0.05, 0) is 36.9 Å². The van der Waals surface area contributed by atoms with Gasteiger partial charge < -0.3 is 10.2 Å². The maximum absolute atomic E-state index is 4.45. The minimum absolute atomic E-state index is 0.258. The van der Waals surface area contributed by atoms with E-state index in [1.54, 1.807) is 0 Å². The van der Waals surface area contributed by atoms with Crippen molar-refractivity contribution >= 4 is 5.69 Å². The van der Waals surface area contributed by atoms with Crippen LogP contribution in [0, 0.1) is 11.3 Å². The average molecular weight is 277 g/mol. The molecule has 0 fully saturated rings. The van der Waals surface area contributed by atoms with Crippen molar-refractivity contribution in [1.82, 2.24) is 10.3 Å². The van der Waals surface area contributed by atoms with Gasteiger partial charge in [0.25, 0.3) is 0 Å². The van der Waals surface area contributed by atoms with Crippen LogP contribution < -0.4 is 10.2 Å². The molecule has 0 bridgehead atoms. The molecule has 1 rings (SSSR count). The van der Waals surface area contributed by atoms with Crippen molar-refractivity contribution in [2.75, 3.05) is 18.5 Å². The zero-order valence-electron chi connectivity index (χ0n) is 14.2. The average Bonchev–Trinajstić information content (AvgIpc) is 2.36. The summed E-state index contributed by atoms with van der Waals surface area (Å²) in [5.74, 6) is 0.668. The molecule has 1 aromatic heterocycles. The Bertz CT molecular complexity index is 407. The summed E-state index contributed by atoms with van der Waals surface area (Å²) < 4.78 is 0. The Morgan fingerprint density at radius 3 is 2.45 bits per heavy atom. The fourth-order valence-electron chi connectivity index (χ4n) is 2.07. The Morgan fingerprint density at radius 2 is 1.90 bits per heavy atom. The summed E-state index contributed by atoms with van der Waals surface area (Å²) in [5.41, 5.74) is 2.61. The maximum Gasteiger partial charge on any atom is 0.0562 e. The first-order chi connectivity index (χ1) is 9.21. The number of aromatic nitrogens is 1. The van der Waals surface area contributed by atoms with Crippen LogP contribution in [0.1, 0.15) is 47.2 Å². The van der Waals surface area contributed by atoms with Crippen molar-refractivity contribution in [2.45, 2.75) is 54.1 Å². The molecule has 0 saturated heterocycles. The van der Waals surface area contributed by atoms with Gasteiger partial charge in [-0.25, -0.2) is 0 Å². The molecule has 20 heavy (non-hydrogen) atoms. The molecule has 0 spiro atoms. The maximum atomic E-state index is 4.45. The zero-order chi connectivity index (χ0) is 15.3. The van der Waals surface area contributed by atoms with Gasteiger partial charge in [-0.15, -0.1) is 0 Å². The summed E-state index contributed by atoms with van der Waals surface area (Å²) in [6.07, 6.45) is 1.91. The second-order valence-corrected chi connectivity index (χ2v) is 7.18. The number of nitrogens with zero attached hydrogens (tertiary/aromatic N) is 2. The number of anilines is 1. The summed E-state index contributed by atoms with van der Waals surface area (Å²) in [4.78, 5) is 6.79. The molecule has 0 aliphatic heterocycles. The van der Waals surface area contributed by atoms with Gasteiger partial charge in [-0.2, -0.15) is 0 Å². The van der Waals surface area contributed by atoms with Crippen molar-refractivity contribution in [1.29, 1.82) is 0 Å². The fourth-order valence-corrected chi connectivity index (χ4v) is 2.07. The number of hydrogen-bond acceptors (Lipinski definition) is 3. The minimum atomic E-state index is 0.258. The highest BCUT2D eigenvalue weighted by Crippen LogP contribution is 2.27. The smallest absolute Gasteiger partial charge is 0.0562 e. The molecule has 0 aliphatic rings. The molecule has 0 radical (unpaired) electrons. The summed E-state index contributed by atoms with van der Waals surface area (Å²) in [6.45, 7) is 15.4. The highest BCUT2D eigenvalue weighted by Gasteiger charge is 2.24. The summed E-state index contributed by atoms with van der Waals surface area (Å²) in [6, 6.07) is 4.75. The first kappa shape index (κ1) is 17.0. The third-order valence-electron chi connectivity index (χ3n) is 3.90. The van der Waals surface area contributed by atoms with E-state index in [9.17, 15) is 0 Å². The van der Waals surface area contributed by atoms with E-state index in [-0.39, 0.29) is 5.41 Å². The highest BCUT2D eigenvalue weighted by atomic mass is 15.1. The molecule has 0 aliphatic carbocycles. The van der Waals surface area contributed by atoms with Crippen LogP contribution in [0.3, 0.4) is 0 Å². The first-order valence-corrected chi connectivity index (χ1v) is 7.60. The molecule has 1 unspecified atom stereocenters. The minimum Gasteiger partial charge on any atom is -0.371 e. The summed E-state index contributed by atoms with van der Waals surface area (Å²) in [7, 11) is 2.16. The third-order valence-corrected chi connectivity index (χ3v) is 3.90. The molecule has 1 aromatic rings. The number of hydrogen-bond donors (Lipinski definition) is 1. The van der Waals surface area contributed by atoms with Crippen molar-refractivity contribution in [2.24, 2.45) is 11.3 Å². The molecule has 0 saturated carbocycles. The van der Waals surface area contributed by atoms with E-state index in [1.165, 1.54) is 5.69 Å². The Balaban J connectivity index is 2.72. The first-order valence-electron chi connectivity index (χ1n) is 7.60. The lowest BCUT2D eigenvalue weighted by Gasteiger charge is -2.37. The van der Waals surface area contributed by atoms with Crippen LogP contribution >= 0.6 is 0 Å². The quantitative estimate of drug-likeness (QED) is 0.859. The van der Waals surface area contributed by atoms with Crippen LogP contribution in [0.5, 0.6) is 0 Å². The molecular formula is C17H31N3. The van der Waals surface area contributed by atoms with Gasteiger partial charge in [-0.1, -0.05) is 34.6 Å². The highest BCUT2D eigenvalue weighted by molar-refractivity contribution is 5.47. The topological polar surface area (TPSA) is 28.2 Å². The summed E-state index contributed by atoms with van der Waals surface area (Å²) >= 11 is 0. The van der Waals surface area contributed by atoms with E-state index < -0.39 is 0 Å². The lowest BCUT2D eigenvalue weighted by Crippen LogP contribution is -2.39. The van der Waals surface area contributed by atoms with Crippen molar-refractivity contribution in [3.63, 3.8) is 0 Å². The largest absolute Gasteiger partial charge is 0.371 e. The molecule has 1 heterocycles. The van der Waals surface area contributed by atoms with Gasteiger partial charge in [0, 0.05) is 31.5 Å². The molecule has 0 aromatic carbocycles. The van der Waals surface area contributed by atoms with Crippen LogP contribution in [0.2, 0.25) is 0 Å². The molecular weight excluding hydrogens is 246 g/mol. The van der Waals surface area contributed by atoms with Gasteiger partial charge in [0.1, 0.15) is 0 Å². The Labute approximate surface area is 124 Å². The van der Waals surface area contributed by atoms with Gasteiger partial charge >= 0.3 is 0 Å². The van der Waals surface area contributed by atoms with E-state index in [0.29, 0.717) is 12.0 Å². The lowest BCUT2D eigenvalue weighted by molar-refractivity contribution is 0.329. The lowest BCUT2D eigenvalue weighted by atomic mass is 9.87. The van der Waals surface area contributed by atoms with E-state index in [1.807, 2.05) is 6.20 Å². The Hall–Kier alpha value is -1.09. The predicted molar refractivity (Wildman–Crippen MR) is 88.1 cm³/mol. The Morgan fingerprint density at radius 1 is 1.25 bits per heavy atom. The molecule has 3 nitrogen and oxygen atoms in total. The monoisotopic (exact) mass is 277 g/mol. The predicted octanol–water partition coefficient (Wildman–Crippen LogP) is 3.70. The standard InChI is InChI=1S/C17H31N3/c1-13(2)11-18-12-15-10-16(8-9-19-15)20(7)14(3)17(4,5)6/h8-10,13-14,18H,11-12H2,1-7H3. The van der Waals surface area contributed by atoms with Crippen LogP contribution in [0.15, 0.2) is 18.3 Å². The normalized spacial score (nSPS) is 13.6. The van der Waals surface area contributed by atoms with Crippen molar-refractivity contribution < 1.29 is 0 Å². The van der Waals surface area contributed by atoms with Crippen LogP contribution in [-0.4, -0.2) is 24.6 Å². The van der Waals surface area contributed by atoms with Gasteiger partial charge in [-0.3, -0.25) is 4.98 Å². The Kier molecular flexibility index (Phi) is 6.00. The third kappa shape index (κ3) is 5.12. The van der Waals surface area contributed by atoms with Crippen LogP contribution in [-0.2, 0) is 6.54 Å².